The molecule has 0 bridgehead atoms. The number of rotatable bonds is 44. The molecule has 9 atom stereocenters. The topological polar surface area (TPSA) is 132 Å². The Labute approximate surface area is 443 Å². The number of carbonyl (C=O) groups excluding carboxylic acids is 5. The van der Waals surface area contributed by atoms with E-state index >= 15 is 14.4 Å². The van der Waals surface area contributed by atoms with E-state index < -0.39 is 51.0 Å². The minimum atomic E-state index is -1.50. The summed E-state index contributed by atoms with van der Waals surface area (Å²) < 4.78 is 31.3. The molecule has 0 aliphatic heterocycles. The molecule has 0 N–H and O–H groups in total. The van der Waals surface area contributed by atoms with E-state index in [0.717, 1.165) is 128 Å². The summed E-state index contributed by atoms with van der Waals surface area (Å²) >= 11 is 0. The molecule has 0 aliphatic rings. The Bertz CT molecular complexity index is 1510. The van der Waals surface area contributed by atoms with Crippen LogP contribution in [0.3, 0.4) is 0 Å². The molecule has 10 heteroatoms. The smallest absolute Gasteiger partial charge is 0.311 e. The van der Waals surface area contributed by atoms with Crippen LogP contribution in [0.4, 0.5) is 0 Å². The van der Waals surface area contributed by atoms with Gasteiger partial charge < -0.3 is 23.7 Å². The zero-order valence-electron chi connectivity index (χ0n) is 50.2. The highest BCUT2D eigenvalue weighted by Crippen LogP contribution is 2.52. The van der Waals surface area contributed by atoms with Crippen molar-refractivity contribution in [2.75, 3.05) is 33.0 Å². The molecule has 0 aliphatic carbocycles. The number of unbranched alkanes of at least 4 members (excludes halogenated alkanes) is 5. The molecular formula is C62H116O10. The van der Waals surface area contributed by atoms with E-state index in [0.29, 0.717) is 19.6 Å². The third-order valence-electron chi connectivity index (χ3n) is 16.4. The average Bonchev–Trinajstić information content (AvgIpc) is 3.35. The van der Waals surface area contributed by atoms with Gasteiger partial charge in [-0.25, -0.2) is 0 Å². The van der Waals surface area contributed by atoms with Gasteiger partial charge in [-0.3, -0.25) is 24.0 Å². The van der Waals surface area contributed by atoms with Crippen molar-refractivity contribution < 1.29 is 47.7 Å². The van der Waals surface area contributed by atoms with E-state index in [9.17, 15) is 9.59 Å². The van der Waals surface area contributed by atoms with Crippen molar-refractivity contribution in [3.05, 3.63) is 0 Å². The van der Waals surface area contributed by atoms with Gasteiger partial charge in [-0.2, -0.15) is 0 Å². The van der Waals surface area contributed by atoms with Gasteiger partial charge in [0.25, 0.3) is 0 Å². The van der Waals surface area contributed by atoms with E-state index in [1.807, 2.05) is 34.6 Å². The zero-order valence-corrected chi connectivity index (χ0v) is 50.2. The molecule has 0 spiro atoms. The van der Waals surface area contributed by atoms with Gasteiger partial charge in [-0.05, 0) is 135 Å². The highest BCUT2D eigenvalue weighted by Gasteiger charge is 2.56. The molecule has 10 nitrogen and oxygen atoms in total. The molecule has 0 aromatic heterocycles. The molecule has 0 rings (SSSR count). The quantitative estimate of drug-likeness (QED) is 0.0429. The van der Waals surface area contributed by atoms with Gasteiger partial charge in [0.1, 0.15) is 0 Å². The van der Waals surface area contributed by atoms with Crippen LogP contribution in [0.1, 0.15) is 278 Å². The van der Waals surface area contributed by atoms with E-state index in [1.54, 1.807) is 13.8 Å². The van der Waals surface area contributed by atoms with Crippen LogP contribution in [-0.4, -0.2) is 62.9 Å². The number of hydrogen-bond donors (Lipinski definition) is 0. The second-order valence-electron chi connectivity index (χ2n) is 24.3. The highest BCUT2D eigenvalue weighted by molar-refractivity contribution is 5.85. The second-order valence-corrected chi connectivity index (χ2v) is 24.3. The lowest BCUT2D eigenvalue weighted by atomic mass is 9.59. The molecule has 0 amide bonds. The minimum Gasteiger partial charge on any atom is -0.465 e. The molecule has 0 radical (unpaired) electrons. The minimum absolute atomic E-state index is 0.0263. The maximum atomic E-state index is 15.4. The molecule has 0 aromatic rings. The van der Waals surface area contributed by atoms with E-state index in [2.05, 4.69) is 69.2 Å². The average molecular weight is 1020 g/mol. The molecule has 0 saturated carbocycles. The van der Waals surface area contributed by atoms with Crippen LogP contribution in [0.2, 0.25) is 0 Å². The number of ether oxygens (including phenoxy) is 5. The maximum Gasteiger partial charge on any atom is 0.311 e. The molecule has 0 fully saturated rings. The summed E-state index contributed by atoms with van der Waals surface area (Å²) in [7, 11) is 0. The molecule has 424 valence electrons. The predicted molar refractivity (Wildman–Crippen MR) is 296 cm³/mol. The number of esters is 5. The summed E-state index contributed by atoms with van der Waals surface area (Å²) in [5.74, 6) is -1.38. The first kappa shape index (κ1) is 69.3. The summed E-state index contributed by atoms with van der Waals surface area (Å²) in [5, 5.41) is 0. The van der Waals surface area contributed by atoms with Crippen molar-refractivity contribution in [2.45, 2.75) is 278 Å². The normalized spacial score (nSPS) is 17.4. The summed E-state index contributed by atoms with van der Waals surface area (Å²) in [6.07, 6.45) is 19.6. The third-order valence-corrected chi connectivity index (χ3v) is 16.4. The van der Waals surface area contributed by atoms with Gasteiger partial charge in [0, 0.05) is 0 Å². The van der Waals surface area contributed by atoms with Crippen molar-refractivity contribution in [3.63, 3.8) is 0 Å². The van der Waals surface area contributed by atoms with Gasteiger partial charge in [-0.15, -0.1) is 0 Å². The van der Waals surface area contributed by atoms with Crippen LogP contribution >= 0.6 is 0 Å². The summed E-state index contributed by atoms with van der Waals surface area (Å²) in [6.45, 7) is 35.4. The number of hydrogen-bond acceptors (Lipinski definition) is 10. The Morgan fingerprint density at radius 1 is 0.306 bits per heavy atom. The Balaban J connectivity index is 8.03. The van der Waals surface area contributed by atoms with E-state index in [1.165, 1.54) is 0 Å². The first-order chi connectivity index (χ1) is 34.0. The van der Waals surface area contributed by atoms with Crippen LogP contribution < -0.4 is 0 Å². The van der Waals surface area contributed by atoms with Crippen LogP contribution in [-0.2, 0) is 47.7 Å². The zero-order chi connectivity index (χ0) is 55.0. The van der Waals surface area contributed by atoms with Crippen molar-refractivity contribution in [2.24, 2.45) is 56.7 Å². The lowest BCUT2D eigenvalue weighted by molar-refractivity contribution is -0.176. The fourth-order valence-electron chi connectivity index (χ4n) is 10.9. The second kappa shape index (κ2) is 36.4. The first-order valence-electron chi connectivity index (χ1n) is 29.8. The highest BCUT2D eigenvalue weighted by atomic mass is 16.6. The molecule has 0 heterocycles. The predicted octanol–water partition coefficient (Wildman–Crippen LogP) is 16.8. The lowest BCUT2D eigenvalue weighted by Gasteiger charge is -2.44. The molecule has 9 unspecified atom stereocenters. The maximum absolute atomic E-state index is 15.4. The lowest BCUT2D eigenvalue weighted by Crippen LogP contribution is -2.49. The van der Waals surface area contributed by atoms with E-state index in [4.69, 9.17) is 23.7 Å². The molecule has 0 saturated heterocycles. The Hall–Kier alpha value is -2.65. The molecule has 72 heavy (non-hydrogen) atoms. The van der Waals surface area contributed by atoms with Crippen molar-refractivity contribution >= 4 is 29.8 Å². The van der Waals surface area contributed by atoms with Crippen molar-refractivity contribution in [1.82, 2.24) is 0 Å². The summed E-state index contributed by atoms with van der Waals surface area (Å²) in [6, 6.07) is 0. The summed E-state index contributed by atoms with van der Waals surface area (Å²) in [5.41, 5.74) is -6.61. The van der Waals surface area contributed by atoms with E-state index in [-0.39, 0.29) is 81.1 Å². The van der Waals surface area contributed by atoms with Gasteiger partial charge in [0.15, 0.2) is 0 Å². The van der Waals surface area contributed by atoms with Gasteiger partial charge >= 0.3 is 29.8 Å². The van der Waals surface area contributed by atoms with Crippen LogP contribution in [0.25, 0.3) is 0 Å². The SMILES string of the molecule is CCCCC(CC)COC(=O)C(C)(C)CC(C)(CC(C)(CC(C)(CC(C)(CC)C(=O)OCC(CC)CCCC)C(=O)OCC(CC)CCCC)C(=O)OCC(CC)CCCC)C(=O)OCC(CC)CCCC. The van der Waals surface area contributed by atoms with Crippen LogP contribution in [0.15, 0.2) is 0 Å². The van der Waals surface area contributed by atoms with Gasteiger partial charge in [-0.1, -0.05) is 172 Å². The Morgan fingerprint density at radius 2 is 0.514 bits per heavy atom. The number of carbonyl (C=O) groups is 5. The molecular weight excluding hydrogens is 905 g/mol. The molecule has 0 aromatic carbocycles. The third kappa shape index (κ3) is 24.8. The van der Waals surface area contributed by atoms with Gasteiger partial charge in [0.2, 0.25) is 0 Å². The fraction of sp³-hybridized carbons (Fsp3) is 0.919. The van der Waals surface area contributed by atoms with Crippen molar-refractivity contribution in [3.8, 4) is 0 Å². The first-order valence-corrected chi connectivity index (χ1v) is 29.8. The Morgan fingerprint density at radius 3 is 0.736 bits per heavy atom. The monoisotopic (exact) mass is 1020 g/mol. The van der Waals surface area contributed by atoms with Crippen LogP contribution in [0, 0.1) is 56.7 Å². The van der Waals surface area contributed by atoms with Gasteiger partial charge in [0.05, 0.1) is 60.1 Å². The summed E-state index contributed by atoms with van der Waals surface area (Å²) in [4.78, 5) is 74.4. The largest absolute Gasteiger partial charge is 0.465 e. The fourth-order valence-corrected chi connectivity index (χ4v) is 10.9. The van der Waals surface area contributed by atoms with Crippen molar-refractivity contribution in [1.29, 1.82) is 0 Å². The van der Waals surface area contributed by atoms with Crippen LogP contribution in [0.5, 0.6) is 0 Å². The standard InChI is InChI=1S/C62H116O10/c1-18-29-34-48(23-6)39-68-53(63)58(12,13)44-60(15,55(65)70-41-50(25-8)36-31-20-3)46-62(17,57(67)72-43-52(27-10)38-33-22-5)47-61(16,56(66)71-42-51(26-9)37-32-21-4)45-59(14,28-11)54(64)69-40-49(24-7)35-30-19-2/h48-52H,18-47H2,1-17H3. The Kier molecular flexibility index (Phi) is 35.0.